The number of hydrogen-bond donors (Lipinski definition) is 1. The first-order chi connectivity index (χ1) is 14.3. The minimum absolute atomic E-state index is 0.0198. The number of nitrogens with two attached hydrogens (primary N) is 1. The summed E-state index contributed by atoms with van der Waals surface area (Å²) in [5, 5.41) is 9.23. The van der Waals surface area contributed by atoms with Crippen LogP contribution in [0, 0.1) is 11.3 Å². The number of rotatable bonds is 10. The summed E-state index contributed by atoms with van der Waals surface area (Å²) in [4.78, 5) is 12.3. The minimum atomic E-state index is -3.63. The van der Waals surface area contributed by atoms with Crippen LogP contribution in [-0.4, -0.2) is 43.5 Å². The van der Waals surface area contributed by atoms with Crippen molar-refractivity contribution in [3.8, 4) is 11.8 Å². The van der Waals surface area contributed by atoms with Crippen LogP contribution in [0.1, 0.15) is 55.6 Å². The Morgan fingerprint density at radius 3 is 2.20 bits per heavy atom. The number of methoxy groups -OCH3 is 1. The molecule has 0 spiro atoms. The molecule has 0 aliphatic rings. The molecule has 1 aromatic heterocycles. The van der Waals surface area contributed by atoms with Gasteiger partial charge in [-0.3, -0.25) is 0 Å². The molecular weight excluding hydrogens is 404 g/mol. The second kappa shape index (κ2) is 10.3. The Kier molecular flexibility index (Phi) is 8.03. The summed E-state index contributed by atoms with van der Waals surface area (Å²) >= 11 is 0. The molecule has 0 fully saturated rings. The molecule has 0 bridgehead atoms. The summed E-state index contributed by atoms with van der Waals surface area (Å²) in [6.45, 7) is 5.01. The number of carbonyl (C=O) groups excluding carboxylic acids is 1. The van der Waals surface area contributed by atoms with Gasteiger partial charge in [0.2, 0.25) is 10.0 Å². The predicted octanol–water partition coefficient (Wildman–Crippen LogP) is 3.31. The van der Waals surface area contributed by atoms with Crippen molar-refractivity contribution in [1.82, 2.24) is 8.87 Å². The molecular formula is C21H28N4O4S. The van der Waals surface area contributed by atoms with Crippen molar-refractivity contribution in [2.75, 3.05) is 25.9 Å². The standard InChI is InChI=1S/C21H28N4O4S/c1-4-6-12-24(13-7-5-2)30(27,28)18-10-8-17(9-11-18)25-15-16(14-22)19(23)20(25)21(26)29-3/h8-11,15H,4-7,12-13,23H2,1-3H3. The number of hydrogen-bond acceptors (Lipinski definition) is 6. The second-order valence-corrected chi connectivity index (χ2v) is 8.82. The van der Waals surface area contributed by atoms with Crippen molar-refractivity contribution in [3.63, 3.8) is 0 Å². The lowest BCUT2D eigenvalue weighted by Gasteiger charge is -2.22. The molecule has 2 N–H and O–H groups in total. The quantitative estimate of drug-likeness (QED) is 0.575. The number of ether oxygens (including phenoxy) is 1. The van der Waals surface area contributed by atoms with E-state index in [4.69, 9.17) is 10.5 Å². The van der Waals surface area contributed by atoms with E-state index >= 15 is 0 Å². The fraction of sp³-hybridized carbons (Fsp3) is 0.429. The molecule has 162 valence electrons. The topological polar surface area (TPSA) is 118 Å². The minimum Gasteiger partial charge on any atom is -0.464 e. The van der Waals surface area contributed by atoms with Crippen molar-refractivity contribution < 1.29 is 17.9 Å². The highest BCUT2D eigenvalue weighted by atomic mass is 32.2. The summed E-state index contributed by atoms with van der Waals surface area (Å²) in [7, 11) is -2.40. The van der Waals surface area contributed by atoms with Gasteiger partial charge >= 0.3 is 5.97 Å². The number of nitriles is 1. The molecule has 0 saturated heterocycles. The zero-order chi connectivity index (χ0) is 22.3. The van der Waals surface area contributed by atoms with Gasteiger partial charge in [0.15, 0.2) is 5.69 Å². The van der Waals surface area contributed by atoms with Crippen LogP contribution in [0.15, 0.2) is 35.4 Å². The fourth-order valence-electron chi connectivity index (χ4n) is 3.07. The number of carbonyl (C=O) groups is 1. The first-order valence-corrected chi connectivity index (χ1v) is 11.4. The first kappa shape index (κ1) is 23.4. The zero-order valence-corrected chi connectivity index (χ0v) is 18.4. The number of unbranched alkanes of at least 4 members (excludes halogenated alkanes) is 2. The third-order valence-electron chi connectivity index (χ3n) is 4.82. The Hall–Kier alpha value is -2.83. The van der Waals surface area contributed by atoms with Crippen molar-refractivity contribution in [1.29, 1.82) is 5.26 Å². The lowest BCUT2D eigenvalue weighted by molar-refractivity contribution is 0.0593. The number of benzene rings is 1. The normalized spacial score (nSPS) is 11.4. The maximum atomic E-state index is 13.1. The highest BCUT2D eigenvalue weighted by Crippen LogP contribution is 2.26. The largest absolute Gasteiger partial charge is 0.464 e. The van der Waals surface area contributed by atoms with Gasteiger partial charge in [-0.15, -0.1) is 0 Å². The Labute approximate surface area is 177 Å². The predicted molar refractivity (Wildman–Crippen MR) is 115 cm³/mol. The molecule has 1 aromatic carbocycles. The van der Waals surface area contributed by atoms with Gasteiger partial charge in [-0.05, 0) is 37.1 Å². The summed E-state index contributed by atoms with van der Waals surface area (Å²) in [6.07, 6.45) is 4.83. The van der Waals surface area contributed by atoms with Crippen molar-refractivity contribution in [2.45, 2.75) is 44.4 Å². The second-order valence-electron chi connectivity index (χ2n) is 6.88. The highest BCUT2D eigenvalue weighted by Gasteiger charge is 2.25. The Balaban J connectivity index is 2.43. The molecule has 2 aromatic rings. The Bertz CT molecular complexity index is 1010. The van der Waals surface area contributed by atoms with Crippen LogP contribution in [0.5, 0.6) is 0 Å². The number of aromatic nitrogens is 1. The third kappa shape index (κ3) is 4.83. The summed E-state index contributed by atoms with van der Waals surface area (Å²) in [6, 6.07) is 8.10. The number of sulfonamides is 1. The van der Waals surface area contributed by atoms with E-state index in [0.717, 1.165) is 25.7 Å². The fourth-order valence-corrected chi connectivity index (χ4v) is 4.58. The molecule has 1 heterocycles. The molecule has 9 heteroatoms. The summed E-state index contributed by atoms with van der Waals surface area (Å²) in [5.74, 6) is -0.684. The van der Waals surface area contributed by atoms with E-state index < -0.39 is 16.0 Å². The average Bonchev–Trinajstić information content (AvgIpc) is 3.09. The zero-order valence-electron chi connectivity index (χ0n) is 17.6. The molecule has 0 aliphatic carbocycles. The molecule has 0 amide bonds. The van der Waals surface area contributed by atoms with E-state index in [1.807, 2.05) is 19.9 Å². The molecule has 2 rings (SSSR count). The van der Waals surface area contributed by atoms with Gasteiger partial charge in [-0.2, -0.15) is 9.57 Å². The summed E-state index contributed by atoms with van der Waals surface area (Å²) in [5.41, 5.74) is 6.59. The molecule has 0 saturated carbocycles. The molecule has 0 radical (unpaired) electrons. The van der Waals surface area contributed by atoms with Crippen LogP contribution in [0.2, 0.25) is 0 Å². The highest BCUT2D eigenvalue weighted by molar-refractivity contribution is 7.89. The van der Waals surface area contributed by atoms with E-state index in [-0.39, 0.29) is 21.8 Å². The average molecular weight is 433 g/mol. The van der Waals surface area contributed by atoms with E-state index in [1.54, 1.807) is 12.1 Å². The van der Waals surface area contributed by atoms with Crippen LogP contribution in [0.3, 0.4) is 0 Å². The van der Waals surface area contributed by atoms with Gasteiger partial charge < -0.3 is 15.0 Å². The summed E-state index contributed by atoms with van der Waals surface area (Å²) < 4.78 is 33.9. The van der Waals surface area contributed by atoms with Gasteiger partial charge in [-0.1, -0.05) is 26.7 Å². The number of esters is 1. The van der Waals surface area contributed by atoms with Crippen LogP contribution in [-0.2, 0) is 14.8 Å². The van der Waals surface area contributed by atoms with Gasteiger partial charge in [0.05, 0.1) is 23.3 Å². The third-order valence-corrected chi connectivity index (χ3v) is 6.73. The molecule has 30 heavy (non-hydrogen) atoms. The molecule has 0 aliphatic heterocycles. The lowest BCUT2D eigenvalue weighted by atomic mass is 10.2. The maximum Gasteiger partial charge on any atom is 0.357 e. The SMILES string of the molecule is CCCCN(CCCC)S(=O)(=O)c1ccc(-n2cc(C#N)c(N)c2C(=O)OC)cc1. The number of anilines is 1. The molecule has 0 unspecified atom stereocenters. The molecule has 8 nitrogen and oxygen atoms in total. The Morgan fingerprint density at radius 1 is 1.17 bits per heavy atom. The molecule has 0 atom stereocenters. The van der Waals surface area contributed by atoms with E-state index in [1.165, 1.54) is 34.3 Å². The van der Waals surface area contributed by atoms with Crippen molar-refractivity contribution >= 4 is 21.7 Å². The Morgan fingerprint density at radius 2 is 1.73 bits per heavy atom. The van der Waals surface area contributed by atoms with Gasteiger partial charge in [0, 0.05) is 25.0 Å². The van der Waals surface area contributed by atoms with Gasteiger partial charge in [0.25, 0.3) is 0 Å². The van der Waals surface area contributed by atoms with Crippen LogP contribution < -0.4 is 5.73 Å². The lowest BCUT2D eigenvalue weighted by Crippen LogP contribution is -2.33. The monoisotopic (exact) mass is 432 g/mol. The van der Waals surface area contributed by atoms with Crippen LogP contribution >= 0.6 is 0 Å². The van der Waals surface area contributed by atoms with E-state index in [0.29, 0.717) is 18.8 Å². The van der Waals surface area contributed by atoms with E-state index in [9.17, 15) is 18.5 Å². The van der Waals surface area contributed by atoms with E-state index in [2.05, 4.69) is 0 Å². The number of nitrogen functional groups attached to an aromatic ring is 1. The first-order valence-electron chi connectivity index (χ1n) is 9.91. The van der Waals surface area contributed by atoms with Crippen LogP contribution in [0.25, 0.3) is 5.69 Å². The number of nitrogens with zero attached hydrogens (tertiary/aromatic N) is 3. The van der Waals surface area contributed by atoms with Crippen molar-refractivity contribution in [3.05, 3.63) is 41.7 Å². The van der Waals surface area contributed by atoms with Crippen molar-refractivity contribution in [2.24, 2.45) is 0 Å². The van der Waals surface area contributed by atoms with Gasteiger partial charge in [-0.25, -0.2) is 13.2 Å². The van der Waals surface area contributed by atoms with Gasteiger partial charge in [0.1, 0.15) is 6.07 Å². The maximum absolute atomic E-state index is 13.1. The smallest absolute Gasteiger partial charge is 0.357 e. The van der Waals surface area contributed by atoms with Crippen LogP contribution in [0.4, 0.5) is 5.69 Å².